The van der Waals surface area contributed by atoms with E-state index in [0.717, 1.165) is 26.2 Å². The smallest absolute Gasteiger partial charge is 0.264 e. The highest BCUT2D eigenvalue weighted by molar-refractivity contribution is 7.92. The summed E-state index contributed by atoms with van der Waals surface area (Å²) in [5.41, 5.74) is 5.22. The van der Waals surface area contributed by atoms with E-state index in [0.29, 0.717) is 28.6 Å². The fourth-order valence-corrected chi connectivity index (χ4v) is 6.23. The van der Waals surface area contributed by atoms with Crippen LogP contribution in [-0.4, -0.2) is 27.1 Å². The first-order valence-electron chi connectivity index (χ1n) is 13.2. The van der Waals surface area contributed by atoms with E-state index in [2.05, 4.69) is 28.7 Å². The Bertz CT molecular complexity index is 1840. The number of hydrazone groups is 1. The van der Waals surface area contributed by atoms with Gasteiger partial charge in [-0.3, -0.25) is 9.10 Å². The second-order valence-corrected chi connectivity index (χ2v) is 11.8. The molecular weight excluding hydrogens is 570 g/mol. The number of fused-ring (bicyclic) bond motifs is 1. The van der Waals surface area contributed by atoms with E-state index in [1.165, 1.54) is 18.3 Å². The van der Waals surface area contributed by atoms with Crippen LogP contribution in [0, 0.1) is 6.92 Å². The van der Waals surface area contributed by atoms with Crippen LogP contribution in [0.25, 0.3) is 10.8 Å². The van der Waals surface area contributed by atoms with Crippen LogP contribution >= 0.6 is 11.6 Å². The number of nitrogens with one attached hydrogen (secondary N) is 1. The van der Waals surface area contributed by atoms with Gasteiger partial charge in [0.1, 0.15) is 18.9 Å². The van der Waals surface area contributed by atoms with E-state index in [4.69, 9.17) is 16.3 Å². The van der Waals surface area contributed by atoms with Crippen LogP contribution in [0.4, 0.5) is 5.69 Å². The van der Waals surface area contributed by atoms with Gasteiger partial charge in [0.15, 0.2) is 0 Å². The number of aryl methyl sites for hydroxylation is 1. The van der Waals surface area contributed by atoms with E-state index in [1.807, 2.05) is 48.5 Å². The number of carbonyl (C=O) groups excluding carboxylic acids is 1. The standard InChI is InChI=1S/C33H28ClN3O4S/c1-24-20-28(34)16-19-32(24)37(42(39,40)30-11-3-2-4-12-30)22-33(38)36-35-21-25-14-17-29(18-15-25)41-23-27-10-7-9-26-8-5-6-13-31(26)27/h2-21H,22-23H2,1H3,(H,36,38). The number of halogens is 1. The van der Waals surface area contributed by atoms with Crippen LogP contribution in [0.3, 0.4) is 0 Å². The number of hydrogen-bond donors (Lipinski definition) is 1. The Morgan fingerprint density at radius 3 is 2.38 bits per heavy atom. The molecule has 212 valence electrons. The van der Waals surface area contributed by atoms with Crippen molar-refractivity contribution in [1.29, 1.82) is 0 Å². The third-order valence-corrected chi connectivity index (χ3v) is 8.61. The third-order valence-electron chi connectivity index (χ3n) is 6.60. The van der Waals surface area contributed by atoms with Gasteiger partial charge in [-0.1, -0.05) is 72.3 Å². The Balaban J connectivity index is 1.23. The molecule has 0 fully saturated rings. The Hall–Kier alpha value is -4.66. The molecule has 5 aromatic rings. The molecule has 0 aliphatic rings. The van der Waals surface area contributed by atoms with Gasteiger partial charge >= 0.3 is 0 Å². The molecule has 0 saturated carbocycles. The average Bonchev–Trinajstić information content (AvgIpc) is 3.00. The van der Waals surface area contributed by atoms with Crippen molar-refractivity contribution >= 4 is 50.2 Å². The minimum absolute atomic E-state index is 0.0680. The number of anilines is 1. The van der Waals surface area contributed by atoms with Crippen molar-refractivity contribution in [2.24, 2.45) is 5.10 Å². The van der Waals surface area contributed by atoms with E-state index >= 15 is 0 Å². The molecule has 0 unspecified atom stereocenters. The maximum Gasteiger partial charge on any atom is 0.264 e. The molecule has 1 amide bonds. The lowest BCUT2D eigenvalue weighted by Gasteiger charge is -2.25. The number of rotatable bonds is 10. The average molecular weight is 598 g/mol. The van der Waals surface area contributed by atoms with Crippen molar-refractivity contribution in [2.45, 2.75) is 18.4 Å². The highest BCUT2D eigenvalue weighted by atomic mass is 35.5. The topological polar surface area (TPSA) is 88.1 Å². The lowest BCUT2D eigenvalue weighted by molar-refractivity contribution is -0.119. The molecule has 0 aliphatic carbocycles. The first kappa shape index (κ1) is 28.9. The first-order valence-corrected chi connectivity index (χ1v) is 15.0. The van der Waals surface area contributed by atoms with Crippen LogP contribution in [0.15, 0.2) is 125 Å². The summed E-state index contributed by atoms with van der Waals surface area (Å²) in [5.74, 6) is 0.0966. The number of hydrogen-bond acceptors (Lipinski definition) is 5. The van der Waals surface area contributed by atoms with Crippen LogP contribution < -0.4 is 14.5 Å². The van der Waals surface area contributed by atoms with Crippen molar-refractivity contribution in [2.75, 3.05) is 10.8 Å². The fraction of sp³-hybridized carbons (Fsp3) is 0.0909. The van der Waals surface area contributed by atoms with Crippen molar-refractivity contribution < 1.29 is 17.9 Å². The summed E-state index contributed by atoms with van der Waals surface area (Å²) in [6, 6.07) is 34.4. The summed E-state index contributed by atoms with van der Waals surface area (Å²) in [4.78, 5) is 12.9. The Kier molecular flexibility index (Phi) is 8.85. The summed E-state index contributed by atoms with van der Waals surface area (Å²) in [5, 5.41) is 6.81. The number of nitrogens with zero attached hydrogens (tertiary/aromatic N) is 2. The Morgan fingerprint density at radius 1 is 0.905 bits per heavy atom. The van der Waals surface area contributed by atoms with E-state index < -0.39 is 22.5 Å². The van der Waals surface area contributed by atoms with Gasteiger partial charge in [-0.05, 0) is 89.0 Å². The van der Waals surface area contributed by atoms with Crippen molar-refractivity contribution in [3.05, 3.63) is 137 Å². The van der Waals surface area contributed by atoms with Gasteiger partial charge in [-0.25, -0.2) is 13.8 Å². The Labute approximate surface area is 250 Å². The van der Waals surface area contributed by atoms with Gasteiger partial charge in [0.25, 0.3) is 15.9 Å². The molecule has 0 saturated heterocycles. The molecule has 5 aromatic carbocycles. The zero-order valence-electron chi connectivity index (χ0n) is 22.8. The maximum absolute atomic E-state index is 13.5. The van der Waals surface area contributed by atoms with Crippen molar-refractivity contribution in [3.8, 4) is 5.75 Å². The second-order valence-electron chi connectivity index (χ2n) is 9.54. The summed E-state index contributed by atoms with van der Waals surface area (Å²) in [6.45, 7) is 1.69. The highest BCUT2D eigenvalue weighted by Crippen LogP contribution is 2.29. The van der Waals surface area contributed by atoms with E-state index in [9.17, 15) is 13.2 Å². The Morgan fingerprint density at radius 2 is 1.62 bits per heavy atom. The maximum atomic E-state index is 13.5. The zero-order chi connectivity index (χ0) is 29.5. The largest absolute Gasteiger partial charge is 0.489 e. The minimum Gasteiger partial charge on any atom is -0.489 e. The van der Waals surface area contributed by atoms with Gasteiger partial charge in [-0.2, -0.15) is 5.10 Å². The van der Waals surface area contributed by atoms with Crippen molar-refractivity contribution in [1.82, 2.24) is 5.43 Å². The molecule has 0 aromatic heterocycles. The summed E-state index contributed by atoms with van der Waals surface area (Å²) < 4.78 is 34.0. The molecule has 0 bridgehead atoms. The first-order chi connectivity index (χ1) is 20.3. The van der Waals surface area contributed by atoms with Gasteiger partial charge in [0.05, 0.1) is 16.8 Å². The number of ether oxygens (including phenoxy) is 1. The molecule has 0 radical (unpaired) electrons. The minimum atomic E-state index is -4.04. The molecule has 0 atom stereocenters. The molecule has 7 nitrogen and oxygen atoms in total. The monoisotopic (exact) mass is 597 g/mol. The normalized spacial score (nSPS) is 11.5. The van der Waals surface area contributed by atoms with Gasteiger partial charge < -0.3 is 4.74 Å². The van der Waals surface area contributed by atoms with Gasteiger partial charge in [0, 0.05) is 5.02 Å². The third kappa shape index (κ3) is 6.79. The van der Waals surface area contributed by atoms with Crippen LogP contribution in [0.5, 0.6) is 5.75 Å². The summed E-state index contributed by atoms with van der Waals surface area (Å²) in [7, 11) is -4.04. The quantitative estimate of drug-likeness (QED) is 0.143. The lowest BCUT2D eigenvalue weighted by atomic mass is 10.1. The van der Waals surface area contributed by atoms with Crippen molar-refractivity contribution in [3.63, 3.8) is 0 Å². The lowest BCUT2D eigenvalue weighted by Crippen LogP contribution is -2.40. The SMILES string of the molecule is Cc1cc(Cl)ccc1N(CC(=O)NN=Cc1ccc(OCc2cccc3ccccc23)cc1)S(=O)(=O)c1ccccc1. The molecular formula is C33H28ClN3O4S. The molecule has 0 aliphatic heterocycles. The predicted molar refractivity (Wildman–Crippen MR) is 168 cm³/mol. The zero-order valence-corrected chi connectivity index (χ0v) is 24.3. The molecule has 42 heavy (non-hydrogen) atoms. The molecule has 0 spiro atoms. The number of amides is 1. The second kappa shape index (κ2) is 12.9. The van der Waals surface area contributed by atoms with Crippen LogP contribution in [0.1, 0.15) is 16.7 Å². The van der Waals surface area contributed by atoms with Gasteiger partial charge in [-0.15, -0.1) is 0 Å². The van der Waals surface area contributed by atoms with Crippen LogP contribution in [-0.2, 0) is 21.4 Å². The fourth-order valence-electron chi connectivity index (χ4n) is 4.49. The van der Waals surface area contributed by atoms with E-state index in [-0.39, 0.29) is 4.90 Å². The van der Waals surface area contributed by atoms with Crippen LogP contribution in [0.2, 0.25) is 5.02 Å². The summed E-state index contributed by atoms with van der Waals surface area (Å²) >= 11 is 6.09. The molecule has 1 N–H and O–H groups in total. The predicted octanol–water partition coefficient (Wildman–Crippen LogP) is 6.73. The number of sulfonamides is 1. The van der Waals surface area contributed by atoms with Gasteiger partial charge in [0.2, 0.25) is 0 Å². The highest BCUT2D eigenvalue weighted by Gasteiger charge is 2.28. The molecule has 0 heterocycles. The molecule has 9 heteroatoms. The number of benzene rings is 5. The number of carbonyl (C=O) groups is 1. The van der Waals surface area contributed by atoms with E-state index in [1.54, 1.807) is 43.3 Å². The summed E-state index contributed by atoms with van der Waals surface area (Å²) in [6.07, 6.45) is 1.48. The molecule has 5 rings (SSSR count).